The van der Waals surface area contributed by atoms with Gasteiger partial charge in [0, 0.05) is 6.61 Å². The molecule has 0 aromatic heterocycles. The molecule has 0 spiro atoms. The summed E-state index contributed by atoms with van der Waals surface area (Å²) in [5.74, 6) is -0.173. The molecule has 0 radical (unpaired) electrons. The van der Waals surface area contributed by atoms with Gasteiger partial charge in [-0.05, 0) is 31.0 Å². The Hall–Kier alpha value is 0.0869. The van der Waals surface area contributed by atoms with Gasteiger partial charge in [-0.1, -0.05) is 20.8 Å². The predicted molar refractivity (Wildman–Crippen MR) is 68.8 cm³/mol. The Morgan fingerprint density at radius 2 is 1.69 bits per heavy atom. The van der Waals surface area contributed by atoms with Crippen LogP contribution < -0.4 is 0 Å². The highest BCUT2D eigenvalue weighted by Crippen LogP contribution is 2.36. The zero-order valence-corrected chi connectivity index (χ0v) is 12.7. The van der Waals surface area contributed by atoms with Crippen LogP contribution in [-0.2, 0) is 14.5 Å². The van der Waals surface area contributed by atoms with Gasteiger partial charge in [0.05, 0.1) is 5.75 Å². The van der Waals surface area contributed by atoms with Gasteiger partial charge in [0.15, 0.2) is 8.32 Å². The van der Waals surface area contributed by atoms with Gasteiger partial charge in [-0.3, -0.25) is 4.55 Å². The van der Waals surface area contributed by atoms with Crippen LogP contribution in [0.15, 0.2) is 0 Å². The molecule has 0 unspecified atom stereocenters. The van der Waals surface area contributed by atoms with Crippen molar-refractivity contribution in [3.63, 3.8) is 0 Å². The lowest BCUT2D eigenvalue weighted by Crippen LogP contribution is -2.41. The molecule has 16 heavy (non-hydrogen) atoms. The smallest absolute Gasteiger partial charge is 0.264 e. The van der Waals surface area contributed by atoms with Crippen molar-refractivity contribution >= 4 is 18.4 Å². The molecule has 0 aliphatic rings. The van der Waals surface area contributed by atoms with Crippen LogP contribution in [0.4, 0.5) is 0 Å². The summed E-state index contributed by atoms with van der Waals surface area (Å²) in [6.07, 6.45) is 1.12. The van der Waals surface area contributed by atoms with E-state index in [1.54, 1.807) is 0 Å². The molecule has 0 aromatic rings. The average Bonchev–Trinajstić information content (AvgIpc) is 1.98. The lowest BCUT2D eigenvalue weighted by Gasteiger charge is -2.36. The summed E-state index contributed by atoms with van der Waals surface area (Å²) in [5, 5.41) is 0.177. The van der Waals surface area contributed by atoms with Crippen molar-refractivity contribution in [2.45, 2.75) is 51.7 Å². The molecular weight excluding hydrogens is 244 g/mol. The fourth-order valence-electron chi connectivity index (χ4n) is 0.930. The van der Waals surface area contributed by atoms with Crippen LogP contribution in [0, 0.1) is 0 Å². The normalized spacial score (nSPS) is 14.1. The van der Waals surface area contributed by atoms with E-state index in [1.165, 1.54) is 0 Å². The molecule has 0 heterocycles. The van der Waals surface area contributed by atoms with Crippen molar-refractivity contribution in [1.82, 2.24) is 0 Å². The molecule has 98 valence electrons. The van der Waals surface area contributed by atoms with E-state index >= 15 is 0 Å². The molecule has 0 saturated heterocycles. The van der Waals surface area contributed by atoms with Crippen LogP contribution in [0.5, 0.6) is 0 Å². The first-order valence-corrected chi connectivity index (χ1v) is 10.1. The van der Waals surface area contributed by atoms with Gasteiger partial charge in [-0.25, -0.2) is 0 Å². The summed E-state index contributed by atoms with van der Waals surface area (Å²) < 4.78 is 35.4. The van der Waals surface area contributed by atoms with E-state index in [1.807, 2.05) is 0 Å². The third kappa shape index (κ3) is 6.62. The number of unbranched alkanes of at least 4 members (excludes halogenated alkanes) is 1. The first kappa shape index (κ1) is 16.1. The molecule has 0 aliphatic carbocycles. The molecule has 0 saturated carbocycles. The number of rotatable bonds is 6. The van der Waals surface area contributed by atoms with Gasteiger partial charge in [0.1, 0.15) is 0 Å². The van der Waals surface area contributed by atoms with Crippen molar-refractivity contribution in [3.8, 4) is 0 Å². The van der Waals surface area contributed by atoms with Crippen molar-refractivity contribution < 1.29 is 17.4 Å². The first-order valence-electron chi connectivity index (χ1n) is 5.55. The minimum absolute atomic E-state index is 0.173. The highest BCUT2D eigenvalue weighted by Gasteiger charge is 2.36. The Balaban J connectivity index is 3.84. The average molecular weight is 268 g/mol. The van der Waals surface area contributed by atoms with Crippen LogP contribution in [-0.4, -0.2) is 33.6 Å². The Kier molecular flexibility index (Phi) is 5.65. The van der Waals surface area contributed by atoms with Crippen LogP contribution in [0.1, 0.15) is 33.6 Å². The minimum atomic E-state index is -3.81. The first-order chi connectivity index (χ1) is 6.96. The van der Waals surface area contributed by atoms with Gasteiger partial charge in [0.2, 0.25) is 0 Å². The van der Waals surface area contributed by atoms with E-state index in [4.69, 9.17) is 8.98 Å². The lowest BCUT2D eigenvalue weighted by molar-refractivity contribution is 0.281. The van der Waals surface area contributed by atoms with Crippen LogP contribution in [0.2, 0.25) is 18.1 Å². The SMILES string of the molecule is CC(C)(C)[Si](C)(C)OCCCCS(=O)(=O)O. The zero-order valence-electron chi connectivity index (χ0n) is 10.9. The van der Waals surface area contributed by atoms with Crippen LogP contribution in [0.3, 0.4) is 0 Å². The van der Waals surface area contributed by atoms with Gasteiger partial charge in [-0.15, -0.1) is 0 Å². The van der Waals surface area contributed by atoms with Gasteiger partial charge >= 0.3 is 0 Å². The molecule has 0 atom stereocenters. The summed E-state index contributed by atoms with van der Waals surface area (Å²) in [4.78, 5) is 0. The molecule has 0 aromatic carbocycles. The van der Waals surface area contributed by atoms with E-state index in [9.17, 15) is 8.42 Å². The van der Waals surface area contributed by atoms with Crippen LogP contribution >= 0.6 is 0 Å². The van der Waals surface area contributed by atoms with Crippen molar-refractivity contribution in [2.75, 3.05) is 12.4 Å². The molecular formula is C10H24O4SSi. The Bertz CT molecular complexity index is 303. The van der Waals surface area contributed by atoms with E-state index in [-0.39, 0.29) is 10.8 Å². The summed E-state index contributed by atoms with van der Waals surface area (Å²) in [6, 6.07) is 0. The largest absolute Gasteiger partial charge is 0.417 e. The second-order valence-corrected chi connectivity index (χ2v) is 12.0. The summed E-state index contributed by atoms with van der Waals surface area (Å²) >= 11 is 0. The Morgan fingerprint density at radius 3 is 2.06 bits per heavy atom. The molecule has 0 aliphatic heterocycles. The van der Waals surface area contributed by atoms with Gasteiger partial charge in [-0.2, -0.15) is 8.42 Å². The maximum Gasteiger partial charge on any atom is 0.264 e. The monoisotopic (exact) mass is 268 g/mol. The molecule has 0 rings (SSSR count). The van der Waals surface area contributed by atoms with E-state index in [2.05, 4.69) is 33.9 Å². The van der Waals surface area contributed by atoms with Crippen molar-refractivity contribution in [3.05, 3.63) is 0 Å². The highest BCUT2D eigenvalue weighted by molar-refractivity contribution is 7.85. The standard InChI is InChI=1S/C10H24O4SSi/c1-10(2,3)16(4,5)14-8-6-7-9-15(11,12)13/h6-9H2,1-5H3,(H,11,12,13). The summed E-state index contributed by atoms with van der Waals surface area (Å²) in [7, 11) is -5.53. The quantitative estimate of drug-likeness (QED) is 0.457. The molecule has 4 nitrogen and oxygen atoms in total. The van der Waals surface area contributed by atoms with Crippen molar-refractivity contribution in [1.29, 1.82) is 0 Å². The summed E-state index contributed by atoms with van der Waals surface area (Å²) in [6.45, 7) is 11.4. The fraction of sp³-hybridized carbons (Fsp3) is 1.00. The Morgan fingerprint density at radius 1 is 1.19 bits per heavy atom. The minimum Gasteiger partial charge on any atom is -0.417 e. The molecule has 1 N–H and O–H groups in total. The molecule has 0 amide bonds. The van der Waals surface area contributed by atoms with E-state index in [0.717, 1.165) is 0 Å². The number of hydrogen-bond donors (Lipinski definition) is 1. The van der Waals surface area contributed by atoms with Crippen molar-refractivity contribution in [2.24, 2.45) is 0 Å². The molecule has 0 fully saturated rings. The predicted octanol–water partition coefficient (Wildman–Crippen LogP) is 2.68. The third-order valence-electron chi connectivity index (χ3n) is 3.07. The Labute approximate surface area is 100 Å². The second kappa shape index (κ2) is 5.62. The lowest BCUT2D eigenvalue weighted by atomic mass is 10.2. The number of hydrogen-bond acceptors (Lipinski definition) is 3. The third-order valence-corrected chi connectivity index (χ3v) is 8.41. The van der Waals surface area contributed by atoms with E-state index in [0.29, 0.717) is 19.4 Å². The second-order valence-electron chi connectivity index (χ2n) is 5.60. The maximum absolute atomic E-state index is 10.5. The fourth-order valence-corrected chi connectivity index (χ4v) is 2.59. The highest BCUT2D eigenvalue weighted by atomic mass is 32.2. The zero-order chi connectivity index (χ0) is 13.0. The summed E-state index contributed by atoms with van der Waals surface area (Å²) in [5.41, 5.74) is 0. The molecule has 0 bridgehead atoms. The van der Waals surface area contributed by atoms with Crippen LogP contribution in [0.25, 0.3) is 0 Å². The van der Waals surface area contributed by atoms with E-state index < -0.39 is 18.4 Å². The van der Waals surface area contributed by atoms with Gasteiger partial charge in [0.25, 0.3) is 10.1 Å². The maximum atomic E-state index is 10.5. The van der Waals surface area contributed by atoms with Gasteiger partial charge < -0.3 is 4.43 Å². The molecule has 6 heteroatoms. The topological polar surface area (TPSA) is 63.6 Å².